The van der Waals surface area contributed by atoms with Gasteiger partial charge in [-0.1, -0.05) is 65.7 Å². The lowest BCUT2D eigenvalue weighted by molar-refractivity contribution is 0.0948. The molecule has 1 aromatic heterocycles. The van der Waals surface area contributed by atoms with Crippen LogP contribution in [-0.2, 0) is 0 Å². The van der Waals surface area contributed by atoms with Gasteiger partial charge in [-0.15, -0.1) is 0 Å². The third-order valence-corrected chi connectivity index (χ3v) is 4.36. The Bertz CT molecular complexity index is 445. The Morgan fingerprint density at radius 1 is 1.22 bits per heavy atom. The molecule has 5 nitrogen and oxygen atoms in total. The van der Waals surface area contributed by atoms with E-state index in [1.807, 2.05) is 0 Å². The molecule has 5 heteroatoms. The van der Waals surface area contributed by atoms with Gasteiger partial charge in [-0.05, 0) is 12.3 Å². The highest BCUT2D eigenvalue weighted by atomic mass is 16.3. The van der Waals surface area contributed by atoms with Gasteiger partial charge in [0.25, 0.3) is 5.91 Å². The summed E-state index contributed by atoms with van der Waals surface area (Å²) in [5.41, 5.74) is 6.39. The number of hydrogen-bond acceptors (Lipinski definition) is 4. The fourth-order valence-corrected chi connectivity index (χ4v) is 2.42. The van der Waals surface area contributed by atoms with Crippen LogP contribution in [0.3, 0.4) is 0 Å². The zero-order chi connectivity index (χ0) is 17.1. The summed E-state index contributed by atoms with van der Waals surface area (Å²) in [7, 11) is 0. The molecule has 0 aliphatic heterocycles. The van der Waals surface area contributed by atoms with Gasteiger partial charge in [0.2, 0.25) is 5.89 Å². The first kappa shape index (κ1) is 19.7. The van der Waals surface area contributed by atoms with Crippen LogP contribution >= 0.6 is 0 Å². The molecule has 1 rings (SSSR count). The van der Waals surface area contributed by atoms with Gasteiger partial charge in [0.05, 0.1) is 6.04 Å². The number of carbonyl (C=O) groups is 1. The van der Waals surface area contributed by atoms with Crippen molar-refractivity contribution in [2.45, 2.75) is 78.2 Å². The van der Waals surface area contributed by atoms with Crippen LogP contribution in [0, 0.1) is 5.92 Å². The molecular weight excluding hydrogens is 290 g/mol. The predicted molar refractivity (Wildman–Crippen MR) is 93.2 cm³/mol. The lowest BCUT2D eigenvalue weighted by atomic mass is 10.0. The quantitative estimate of drug-likeness (QED) is 0.565. The van der Waals surface area contributed by atoms with Gasteiger partial charge < -0.3 is 15.5 Å². The molecular formula is C18H33N3O2. The van der Waals surface area contributed by atoms with E-state index in [2.05, 4.69) is 31.1 Å². The fourth-order valence-electron chi connectivity index (χ4n) is 2.42. The molecule has 0 spiro atoms. The van der Waals surface area contributed by atoms with E-state index >= 15 is 0 Å². The maximum atomic E-state index is 12.0. The van der Waals surface area contributed by atoms with Crippen molar-refractivity contribution in [3.8, 4) is 0 Å². The summed E-state index contributed by atoms with van der Waals surface area (Å²) >= 11 is 0. The van der Waals surface area contributed by atoms with Crippen LogP contribution in [0.4, 0.5) is 0 Å². The van der Waals surface area contributed by atoms with E-state index < -0.39 is 0 Å². The van der Waals surface area contributed by atoms with Crippen LogP contribution < -0.4 is 11.1 Å². The Kier molecular flexibility index (Phi) is 9.60. The SMILES string of the molecule is CCCCCCCCCNC(=O)c1coc(C(N)C(C)CC)n1. The molecule has 23 heavy (non-hydrogen) atoms. The average Bonchev–Trinajstić information content (AvgIpc) is 3.05. The van der Waals surface area contributed by atoms with E-state index in [1.165, 1.54) is 38.4 Å². The summed E-state index contributed by atoms with van der Waals surface area (Å²) in [6.45, 7) is 7.03. The number of oxazole rings is 1. The van der Waals surface area contributed by atoms with E-state index in [1.54, 1.807) is 0 Å². The third kappa shape index (κ3) is 7.16. The highest BCUT2D eigenvalue weighted by molar-refractivity contribution is 5.91. The van der Waals surface area contributed by atoms with Gasteiger partial charge >= 0.3 is 0 Å². The molecule has 0 bridgehead atoms. The number of amides is 1. The van der Waals surface area contributed by atoms with Gasteiger partial charge in [-0.2, -0.15) is 0 Å². The second-order valence-electron chi connectivity index (χ2n) is 6.36. The van der Waals surface area contributed by atoms with Crippen molar-refractivity contribution in [3.63, 3.8) is 0 Å². The molecule has 0 aliphatic carbocycles. The maximum absolute atomic E-state index is 12.0. The highest BCUT2D eigenvalue weighted by Gasteiger charge is 2.20. The van der Waals surface area contributed by atoms with Crippen LogP contribution in [0.25, 0.3) is 0 Å². The van der Waals surface area contributed by atoms with Crippen molar-refractivity contribution >= 4 is 5.91 Å². The average molecular weight is 323 g/mol. The normalized spacial score (nSPS) is 13.7. The molecule has 1 aromatic rings. The molecule has 0 saturated carbocycles. The van der Waals surface area contributed by atoms with E-state index in [-0.39, 0.29) is 17.9 Å². The van der Waals surface area contributed by atoms with Crippen LogP contribution in [0.2, 0.25) is 0 Å². The molecule has 3 N–H and O–H groups in total. The van der Waals surface area contributed by atoms with Gasteiger partial charge in [0.1, 0.15) is 6.26 Å². The van der Waals surface area contributed by atoms with Crippen LogP contribution in [0.1, 0.15) is 94.6 Å². The zero-order valence-electron chi connectivity index (χ0n) is 14.9. The zero-order valence-corrected chi connectivity index (χ0v) is 14.9. The van der Waals surface area contributed by atoms with Crippen molar-refractivity contribution in [3.05, 3.63) is 17.8 Å². The number of hydrogen-bond donors (Lipinski definition) is 2. The molecule has 2 atom stereocenters. The Morgan fingerprint density at radius 3 is 2.52 bits per heavy atom. The summed E-state index contributed by atoms with van der Waals surface area (Å²) < 4.78 is 5.36. The van der Waals surface area contributed by atoms with Gasteiger partial charge in [0.15, 0.2) is 5.69 Å². The fraction of sp³-hybridized carbons (Fsp3) is 0.778. The number of nitrogens with two attached hydrogens (primary N) is 1. The second kappa shape index (κ2) is 11.2. The third-order valence-electron chi connectivity index (χ3n) is 4.36. The molecule has 2 unspecified atom stereocenters. The van der Waals surface area contributed by atoms with Gasteiger partial charge in [0, 0.05) is 6.54 Å². The molecule has 1 heterocycles. The first-order chi connectivity index (χ1) is 11.1. The van der Waals surface area contributed by atoms with Crippen molar-refractivity contribution in [1.29, 1.82) is 0 Å². The topological polar surface area (TPSA) is 81.2 Å². The Labute approximate surface area is 140 Å². The Morgan fingerprint density at radius 2 is 1.87 bits per heavy atom. The van der Waals surface area contributed by atoms with E-state index in [0.29, 0.717) is 18.1 Å². The van der Waals surface area contributed by atoms with E-state index in [9.17, 15) is 4.79 Å². The lowest BCUT2D eigenvalue weighted by Crippen LogP contribution is -2.25. The first-order valence-electron chi connectivity index (χ1n) is 9.09. The van der Waals surface area contributed by atoms with Crippen LogP contribution in [0.5, 0.6) is 0 Å². The minimum Gasteiger partial charge on any atom is -0.446 e. The molecule has 1 amide bonds. The Balaban J connectivity index is 2.24. The Hall–Kier alpha value is -1.36. The van der Waals surface area contributed by atoms with Crippen molar-refractivity contribution in [2.24, 2.45) is 11.7 Å². The maximum Gasteiger partial charge on any atom is 0.273 e. The molecule has 0 fully saturated rings. The number of aromatic nitrogens is 1. The largest absolute Gasteiger partial charge is 0.446 e. The lowest BCUT2D eigenvalue weighted by Gasteiger charge is -2.13. The summed E-state index contributed by atoms with van der Waals surface area (Å²) in [5, 5.41) is 2.89. The first-order valence-corrected chi connectivity index (χ1v) is 9.09. The number of nitrogens with zero attached hydrogens (tertiary/aromatic N) is 1. The molecule has 0 aromatic carbocycles. The number of carbonyl (C=O) groups excluding carboxylic acids is 1. The van der Waals surface area contributed by atoms with E-state index in [4.69, 9.17) is 10.2 Å². The van der Waals surface area contributed by atoms with Gasteiger partial charge in [-0.25, -0.2) is 4.98 Å². The molecule has 132 valence electrons. The van der Waals surface area contributed by atoms with Crippen LogP contribution in [0.15, 0.2) is 10.7 Å². The molecule has 0 saturated heterocycles. The summed E-state index contributed by atoms with van der Waals surface area (Å²) in [6, 6.07) is -0.260. The van der Waals surface area contributed by atoms with Crippen molar-refractivity contribution in [2.75, 3.05) is 6.54 Å². The summed E-state index contributed by atoms with van der Waals surface area (Å²) in [6.07, 6.45) is 11.0. The van der Waals surface area contributed by atoms with Crippen LogP contribution in [-0.4, -0.2) is 17.4 Å². The number of nitrogens with one attached hydrogen (secondary N) is 1. The van der Waals surface area contributed by atoms with Gasteiger partial charge in [-0.3, -0.25) is 4.79 Å². The highest BCUT2D eigenvalue weighted by Crippen LogP contribution is 2.21. The summed E-state index contributed by atoms with van der Waals surface area (Å²) in [5.74, 6) is 0.542. The molecule has 0 aliphatic rings. The number of rotatable bonds is 12. The van der Waals surface area contributed by atoms with Crippen molar-refractivity contribution < 1.29 is 9.21 Å². The monoisotopic (exact) mass is 323 g/mol. The van der Waals surface area contributed by atoms with E-state index in [0.717, 1.165) is 19.3 Å². The predicted octanol–water partition coefficient (Wildman–Crippen LogP) is 4.20. The smallest absolute Gasteiger partial charge is 0.273 e. The summed E-state index contributed by atoms with van der Waals surface area (Å²) in [4.78, 5) is 16.2. The van der Waals surface area contributed by atoms with Crippen molar-refractivity contribution in [1.82, 2.24) is 10.3 Å². The minimum absolute atomic E-state index is 0.178. The number of unbranched alkanes of at least 4 members (excludes halogenated alkanes) is 6. The standard InChI is InChI=1S/C18H33N3O2/c1-4-6-7-8-9-10-11-12-20-17(22)15-13-23-18(21-15)16(19)14(3)5-2/h13-14,16H,4-12,19H2,1-3H3,(H,20,22). The molecule has 0 radical (unpaired) electrons. The minimum atomic E-state index is -0.260. The second-order valence-corrected chi connectivity index (χ2v) is 6.36.